The van der Waals surface area contributed by atoms with E-state index in [1.54, 1.807) is 0 Å². The molecule has 2 fully saturated rings. The van der Waals surface area contributed by atoms with Gasteiger partial charge in [-0.05, 0) is 19.3 Å². The summed E-state index contributed by atoms with van der Waals surface area (Å²) in [5.74, 6) is 0.231. The van der Waals surface area contributed by atoms with Crippen molar-refractivity contribution in [1.29, 1.82) is 0 Å². The molecule has 3 heterocycles. The van der Waals surface area contributed by atoms with Crippen molar-refractivity contribution in [2.75, 3.05) is 0 Å². The van der Waals surface area contributed by atoms with E-state index in [-0.39, 0.29) is 17.4 Å². The minimum Gasteiger partial charge on any atom is -0.351 e. The van der Waals surface area contributed by atoms with E-state index in [1.165, 1.54) is 24.0 Å². The molecule has 5 nitrogen and oxygen atoms in total. The molecule has 1 amide bonds. The van der Waals surface area contributed by atoms with Crippen LogP contribution in [0.2, 0.25) is 0 Å². The van der Waals surface area contributed by atoms with E-state index in [0.717, 1.165) is 17.7 Å². The summed E-state index contributed by atoms with van der Waals surface area (Å²) in [6, 6.07) is 2.44. The third-order valence-corrected chi connectivity index (χ3v) is 4.48. The van der Waals surface area contributed by atoms with Crippen molar-refractivity contribution in [3.63, 3.8) is 0 Å². The van der Waals surface area contributed by atoms with Crippen LogP contribution in [-0.2, 0) is 11.3 Å². The maximum atomic E-state index is 12.0. The quantitative estimate of drug-likeness (QED) is 0.720. The number of aromatic amines is 1. The van der Waals surface area contributed by atoms with Gasteiger partial charge in [-0.25, -0.2) is 0 Å². The molecule has 2 saturated heterocycles. The molecule has 92 valence electrons. The Morgan fingerprint density at radius 3 is 3.00 bits per heavy atom. The normalized spacial score (nSPS) is 30.7. The van der Waals surface area contributed by atoms with Crippen LogP contribution in [0, 0.1) is 5.92 Å². The maximum absolute atomic E-state index is 12.0. The van der Waals surface area contributed by atoms with Crippen molar-refractivity contribution in [2.45, 2.75) is 37.9 Å². The minimum atomic E-state index is -0.0964. The van der Waals surface area contributed by atoms with Gasteiger partial charge >= 0.3 is 0 Å². The predicted octanol–water partition coefficient (Wildman–Crippen LogP) is 0.193. The zero-order chi connectivity index (χ0) is 11.8. The average Bonchev–Trinajstić information content (AvgIpc) is 3.01. The van der Waals surface area contributed by atoms with Crippen molar-refractivity contribution >= 4 is 17.4 Å². The third kappa shape index (κ3) is 2.14. The van der Waals surface area contributed by atoms with Gasteiger partial charge in [-0.3, -0.25) is 14.0 Å². The second kappa shape index (κ2) is 4.27. The predicted molar refractivity (Wildman–Crippen MR) is 64.8 cm³/mol. The van der Waals surface area contributed by atoms with Gasteiger partial charge in [0.2, 0.25) is 5.91 Å². The Bertz CT molecular complexity index is 481. The summed E-state index contributed by atoms with van der Waals surface area (Å²) in [5, 5.41) is 6.36. The first kappa shape index (κ1) is 11.0. The second-order valence-corrected chi connectivity index (χ2v) is 5.72. The Morgan fingerprint density at radius 2 is 2.41 bits per heavy atom. The van der Waals surface area contributed by atoms with Gasteiger partial charge in [-0.1, -0.05) is 11.5 Å². The zero-order valence-corrected chi connectivity index (χ0v) is 10.2. The standard InChI is InChI=1S/C11H15N3O2S/c15-10-4-7(17-14-10)5-12-11(16)8-3-6-1-2-9(8)13-6/h4,6,8-9,13H,1-3,5H2,(H,12,16)(H,14,15). The number of H-pyrrole nitrogens is 1. The lowest BCUT2D eigenvalue weighted by atomic mass is 9.88. The molecule has 1 aromatic rings. The summed E-state index contributed by atoms with van der Waals surface area (Å²) in [4.78, 5) is 23.8. The molecule has 0 aromatic carbocycles. The summed E-state index contributed by atoms with van der Waals surface area (Å²) in [7, 11) is 0. The lowest BCUT2D eigenvalue weighted by Gasteiger charge is -2.18. The summed E-state index contributed by atoms with van der Waals surface area (Å²) < 4.78 is 2.61. The van der Waals surface area contributed by atoms with Gasteiger partial charge in [0.1, 0.15) is 0 Å². The molecule has 3 atom stereocenters. The Hall–Kier alpha value is -1.14. The number of hydrogen-bond donors (Lipinski definition) is 3. The van der Waals surface area contributed by atoms with Crippen LogP contribution in [0.5, 0.6) is 0 Å². The third-order valence-electron chi connectivity index (χ3n) is 3.65. The number of rotatable bonds is 3. The van der Waals surface area contributed by atoms with Crippen LogP contribution in [0.3, 0.4) is 0 Å². The number of aromatic nitrogens is 1. The largest absolute Gasteiger partial charge is 0.351 e. The molecule has 0 radical (unpaired) electrons. The highest BCUT2D eigenvalue weighted by molar-refractivity contribution is 7.05. The van der Waals surface area contributed by atoms with Gasteiger partial charge in [0.05, 0.1) is 12.5 Å². The monoisotopic (exact) mass is 253 g/mol. The molecule has 6 heteroatoms. The Kier molecular flexibility index (Phi) is 2.76. The lowest BCUT2D eigenvalue weighted by molar-refractivity contribution is -0.125. The van der Waals surface area contributed by atoms with E-state index in [4.69, 9.17) is 0 Å². The summed E-state index contributed by atoms with van der Waals surface area (Å²) in [6.07, 6.45) is 3.27. The van der Waals surface area contributed by atoms with Gasteiger partial charge in [0.15, 0.2) is 0 Å². The van der Waals surface area contributed by atoms with Crippen LogP contribution in [0.25, 0.3) is 0 Å². The number of amides is 1. The van der Waals surface area contributed by atoms with Gasteiger partial charge < -0.3 is 10.6 Å². The van der Waals surface area contributed by atoms with Gasteiger partial charge in [0, 0.05) is 23.0 Å². The van der Waals surface area contributed by atoms with Crippen molar-refractivity contribution in [3.8, 4) is 0 Å². The first-order valence-electron chi connectivity index (χ1n) is 5.93. The molecule has 0 spiro atoms. The lowest BCUT2D eigenvalue weighted by Crippen LogP contribution is -2.37. The van der Waals surface area contributed by atoms with Crippen molar-refractivity contribution < 1.29 is 4.79 Å². The van der Waals surface area contributed by atoms with Gasteiger partial charge in [-0.15, -0.1) is 0 Å². The van der Waals surface area contributed by atoms with Crippen molar-refractivity contribution in [3.05, 3.63) is 21.3 Å². The number of fused-ring (bicyclic) bond motifs is 2. The molecule has 3 N–H and O–H groups in total. The fourth-order valence-corrected chi connectivity index (χ4v) is 3.43. The van der Waals surface area contributed by atoms with Crippen LogP contribution in [0.1, 0.15) is 24.1 Å². The van der Waals surface area contributed by atoms with Gasteiger partial charge in [-0.2, -0.15) is 0 Å². The highest BCUT2D eigenvalue weighted by Gasteiger charge is 2.42. The molecule has 3 unspecified atom stereocenters. The molecule has 17 heavy (non-hydrogen) atoms. The van der Waals surface area contributed by atoms with E-state index in [0.29, 0.717) is 18.6 Å². The molecule has 2 bridgehead atoms. The number of carbonyl (C=O) groups excluding carboxylic acids is 1. The molecule has 3 rings (SSSR count). The van der Waals surface area contributed by atoms with Crippen LogP contribution < -0.4 is 16.2 Å². The summed E-state index contributed by atoms with van der Waals surface area (Å²) in [5.41, 5.74) is -0.0964. The van der Waals surface area contributed by atoms with E-state index >= 15 is 0 Å². The zero-order valence-electron chi connectivity index (χ0n) is 9.36. The van der Waals surface area contributed by atoms with Crippen LogP contribution in [0.4, 0.5) is 0 Å². The van der Waals surface area contributed by atoms with E-state index < -0.39 is 0 Å². The molecular weight excluding hydrogens is 238 g/mol. The number of carbonyl (C=O) groups is 1. The van der Waals surface area contributed by atoms with Crippen molar-refractivity contribution in [1.82, 2.24) is 15.0 Å². The summed E-state index contributed by atoms with van der Waals surface area (Å²) >= 11 is 1.28. The Morgan fingerprint density at radius 1 is 1.53 bits per heavy atom. The van der Waals surface area contributed by atoms with Crippen molar-refractivity contribution in [2.24, 2.45) is 5.92 Å². The van der Waals surface area contributed by atoms with Crippen LogP contribution in [0.15, 0.2) is 10.9 Å². The van der Waals surface area contributed by atoms with E-state index in [9.17, 15) is 9.59 Å². The number of nitrogens with one attached hydrogen (secondary N) is 3. The van der Waals surface area contributed by atoms with E-state index in [2.05, 4.69) is 15.0 Å². The molecule has 0 aliphatic carbocycles. The smallest absolute Gasteiger partial charge is 0.258 e. The Balaban J connectivity index is 1.55. The fourth-order valence-electron chi connectivity index (χ4n) is 2.83. The average molecular weight is 253 g/mol. The summed E-state index contributed by atoms with van der Waals surface area (Å²) in [6.45, 7) is 0.454. The van der Waals surface area contributed by atoms with Crippen LogP contribution in [-0.4, -0.2) is 22.4 Å². The topological polar surface area (TPSA) is 74.0 Å². The first-order chi connectivity index (χ1) is 8.22. The molecule has 1 aromatic heterocycles. The number of hydrogen-bond acceptors (Lipinski definition) is 4. The maximum Gasteiger partial charge on any atom is 0.258 e. The minimum absolute atomic E-state index is 0.0964. The molecule has 0 saturated carbocycles. The van der Waals surface area contributed by atoms with Crippen LogP contribution >= 0.6 is 11.5 Å². The highest BCUT2D eigenvalue weighted by atomic mass is 32.1. The Labute approximate surface area is 103 Å². The molecule has 2 aliphatic rings. The van der Waals surface area contributed by atoms with Gasteiger partial charge in [0.25, 0.3) is 5.56 Å². The molecular formula is C11H15N3O2S. The van der Waals surface area contributed by atoms with E-state index in [1.807, 2.05) is 0 Å². The molecule has 2 aliphatic heterocycles. The second-order valence-electron chi connectivity index (χ2n) is 4.79. The SMILES string of the molecule is O=C(NCc1cc(=O)[nH]s1)C1CC2CCC1N2. The fraction of sp³-hybridized carbons (Fsp3) is 0.636. The highest BCUT2D eigenvalue weighted by Crippen LogP contribution is 2.33. The first-order valence-corrected chi connectivity index (χ1v) is 6.75.